The molecule has 0 atom stereocenters. The summed E-state index contributed by atoms with van der Waals surface area (Å²) in [4.78, 5) is 0. The molecule has 0 aliphatic carbocycles. The summed E-state index contributed by atoms with van der Waals surface area (Å²) >= 11 is 12.0. The molecule has 0 fully saturated rings. The van der Waals surface area contributed by atoms with E-state index in [2.05, 4.69) is 23.5 Å². The minimum Gasteiger partial charge on any atom is -0.313 e. The van der Waals surface area contributed by atoms with E-state index in [4.69, 9.17) is 23.2 Å². The molecule has 108 valence electrons. The molecule has 0 saturated carbocycles. The molecule has 0 radical (unpaired) electrons. The molecule has 1 aromatic carbocycles. The van der Waals surface area contributed by atoms with Gasteiger partial charge in [-0.15, -0.1) is 0 Å². The molecule has 0 spiro atoms. The van der Waals surface area contributed by atoms with Crippen molar-refractivity contribution in [1.82, 2.24) is 15.1 Å². The number of aromatic nitrogens is 2. The maximum absolute atomic E-state index is 6.03. The Kier molecular flexibility index (Phi) is 5.46. The average molecular weight is 312 g/mol. The zero-order valence-corrected chi connectivity index (χ0v) is 13.3. The molecule has 3 nitrogen and oxygen atoms in total. The first-order valence-corrected chi connectivity index (χ1v) is 7.53. The van der Waals surface area contributed by atoms with Crippen LogP contribution in [0.3, 0.4) is 0 Å². The minimum absolute atomic E-state index is 0.580. The van der Waals surface area contributed by atoms with Gasteiger partial charge in [-0.05, 0) is 37.6 Å². The number of aryl methyl sites for hydroxylation is 1. The molecule has 0 unspecified atom stereocenters. The highest BCUT2D eigenvalue weighted by Crippen LogP contribution is 2.23. The van der Waals surface area contributed by atoms with Gasteiger partial charge in [0.15, 0.2) is 0 Å². The predicted octanol–water partition coefficient (Wildman–Crippen LogP) is 4.05. The molecule has 5 heteroatoms. The van der Waals surface area contributed by atoms with E-state index in [1.807, 2.05) is 29.8 Å². The largest absolute Gasteiger partial charge is 0.313 e. The van der Waals surface area contributed by atoms with E-state index in [9.17, 15) is 0 Å². The molecule has 20 heavy (non-hydrogen) atoms. The molecule has 1 N–H and O–H groups in total. The van der Waals surface area contributed by atoms with Gasteiger partial charge in [-0.25, -0.2) is 0 Å². The van der Waals surface area contributed by atoms with Crippen molar-refractivity contribution < 1.29 is 0 Å². The van der Waals surface area contributed by atoms with E-state index >= 15 is 0 Å². The molecular weight excluding hydrogens is 293 g/mol. The first-order chi connectivity index (χ1) is 9.60. The highest BCUT2D eigenvalue weighted by atomic mass is 35.5. The lowest BCUT2D eigenvalue weighted by molar-refractivity contribution is 0.668. The van der Waals surface area contributed by atoms with Crippen LogP contribution in [0, 0.1) is 6.92 Å². The lowest BCUT2D eigenvalue weighted by Crippen LogP contribution is -2.13. The van der Waals surface area contributed by atoms with Gasteiger partial charge in [-0.1, -0.05) is 36.2 Å². The first-order valence-electron chi connectivity index (χ1n) is 6.77. The zero-order chi connectivity index (χ0) is 14.5. The SMILES string of the molecule is CCCNCc1cn(Cc2ccc(Cl)c(Cl)c2)nc1C. The highest BCUT2D eigenvalue weighted by molar-refractivity contribution is 6.42. The monoisotopic (exact) mass is 311 g/mol. The molecule has 1 heterocycles. The van der Waals surface area contributed by atoms with Crippen molar-refractivity contribution >= 4 is 23.2 Å². The highest BCUT2D eigenvalue weighted by Gasteiger charge is 2.06. The topological polar surface area (TPSA) is 29.9 Å². The second-order valence-electron chi connectivity index (χ2n) is 4.86. The number of hydrogen-bond acceptors (Lipinski definition) is 2. The number of rotatable bonds is 6. The van der Waals surface area contributed by atoms with Crippen LogP contribution >= 0.6 is 23.2 Å². The standard InChI is InChI=1S/C15H19Cl2N3/c1-3-6-18-8-13-10-20(19-11(13)2)9-12-4-5-14(16)15(17)7-12/h4-5,7,10,18H,3,6,8-9H2,1-2H3. The van der Waals surface area contributed by atoms with Crippen molar-refractivity contribution in [1.29, 1.82) is 0 Å². The molecule has 1 aromatic heterocycles. The predicted molar refractivity (Wildman–Crippen MR) is 84.5 cm³/mol. The maximum Gasteiger partial charge on any atom is 0.0660 e. The molecule has 0 aliphatic rings. The number of nitrogens with zero attached hydrogens (tertiary/aromatic N) is 2. The Bertz CT molecular complexity index is 578. The summed E-state index contributed by atoms with van der Waals surface area (Å²) < 4.78 is 1.94. The fraction of sp³-hybridized carbons (Fsp3) is 0.400. The Morgan fingerprint density at radius 2 is 2.05 bits per heavy atom. The Morgan fingerprint density at radius 1 is 1.25 bits per heavy atom. The van der Waals surface area contributed by atoms with Gasteiger partial charge in [0, 0.05) is 18.3 Å². The van der Waals surface area contributed by atoms with Gasteiger partial charge in [0.25, 0.3) is 0 Å². The third-order valence-corrected chi connectivity index (χ3v) is 3.86. The zero-order valence-electron chi connectivity index (χ0n) is 11.8. The Hall–Kier alpha value is -1.03. The van der Waals surface area contributed by atoms with Gasteiger partial charge in [0.05, 0.1) is 22.3 Å². The summed E-state index contributed by atoms with van der Waals surface area (Å²) in [6, 6.07) is 5.68. The van der Waals surface area contributed by atoms with E-state index in [-0.39, 0.29) is 0 Å². The van der Waals surface area contributed by atoms with Crippen LogP contribution in [0.25, 0.3) is 0 Å². The molecular formula is C15H19Cl2N3. The Balaban J connectivity index is 2.05. The summed E-state index contributed by atoms with van der Waals surface area (Å²) in [5.41, 5.74) is 3.39. The molecule has 0 saturated heterocycles. The van der Waals surface area contributed by atoms with Gasteiger partial charge in [0.2, 0.25) is 0 Å². The van der Waals surface area contributed by atoms with Crippen LogP contribution in [-0.2, 0) is 13.1 Å². The van der Waals surface area contributed by atoms with E-state index in [0.717, 1.165) is 30.8 Å². The lowest BCUT2D eigenvalue weighted by Gasteiger charge is -2.03. The van der Waals surface area contributed by atoms with Crippen molar-refractivity contribution in [2.45, 2.75) is 33.4 Å². The van der Waals surface area contributed by atoms with Gasteiger partial charge in [0.1, 0.15) is 0 Å². The maximum atomic E-state index is 6.03. The number of nitrogens with one attached hydrogen (secondary N) is 1. The Labute approximate surface area is 129 Å². The van der Waals surface area contributed by atoms with Crippen molar-refractivity contribution in [3.05, 3.63) is 51.3 Å². The van der Waals surface area contributed by atoms with Gasteiger partial charge in [-0.2, -0.15) is 5.10 Å². The van der Waals surface area contributed by atoms with E-state index in [1.54, 1.807) is 0 Å². The second kappa shape index (κ2) is 7.11. The van der Waals surface area contributed by atoms with Crippen molar-refractivity contribution in [3.8, 4) is 0 Å². The number of hydrogen-bond donors (Lipinski definition) is 1. The molecule has 0 bridgehead atoms. The van der Waals surface area contributed by atoms with Crippen molar-refractivity contribution in [3.63, 3.8) is 0 Å². The van der Waals surface area contributed by atoms with Gasteiger partial charge < -0.3 is 5.32 Å². The average Bonchev–Trinajstić information content (AvgIpc) is 2.75. The van der Waals surface area contributed by atoms with Gasteiger partial charge >= 0.3 is 0 Å². The summed E-state index contributed by atoms with van der Waals surface area (Å²) in [7, 11) is 0. The molecule has 2 aromatic rings. The van der Waals surface area contributed by atoms with E-state index in [1.165, 1.54) is 5.56 Å². The van der Waals surface area contributed by atoms with E-state index in [0.29, 0.717) is 16.6 Å². The van der Waals surface area contributed by atoms with E-state index < -0.39 is 0 Å². The van der Waals surface area contributed by atoms with Crippen LogP contribution in [0.15, 0.2) is 24.4 Å². The fourth-order valence-corrected chi connectivity index (χ4v) is 2.36. The first kappa shape index (κ1) is 15.4. The summed E-state index contributed by atoms with van der Waals surface area (Å²) in [5, 5.41) is 9.09. The summed E-state index contributed by atoms with van der Waals surface area (Å²) in [6.45, 7) is 6.78. The minimum atomic E-state index is 0.580. The van der Waals surface area contributed by atoms with Crippen molar-refractivity contribution in [2.75, 3.05) is 6.54 Å². The number of halogens is 2. The third kappa shape index (κ3) is 3.98. The Morgan fingerprint density at radius 3 is 2.75 bits per heavy atom. The van der Waals surface area contributed by atoms with Crippen LogP contribution in [0.5, 0.6) is 0 Å². The van der Waals surface area contributed by atoms with Crippen LogP contribution in [0.2, 0.25) is 10.0 Å². The van der Waals surface area contributed by atoms with Crippen molar-refractivity contribution in [2.24, 2.45) is 0 Å². The van der Waals surface area contributed by atoms with Crippen LogP contribution in [0.1, 0.15) is 30.2 Å². The normalized spacial score (nSPS) is 11.0. The summed E-state index contributed by atoms with van der Waals surface area (Å²) in [6.07, 6.45) is 3.22. The van der Waals surface area contributed by atoms with Crippen LogP contribution < -0.4 is 5.32 Å². The summed E-state index contributed by atoms with van der Waals surface area (Å²) in [5.74, 6) is 0. The fourth-order valence-electron chi connectivity index (χ4n) is 2.04. The number of benzene rings is 1. The third-order valence-electron chi connectivity index (χ3n) is 3.12. The quantitative estimate of drug-likeness (QED) is 0.816. The smallest absolute Gasteiger partial charge is 0.0660 e. The van der Waals surface area contributed by atoms with Crippen LogP contribution in [-0.4, -0.2) is 16.3 Å². The second-order valence-corrected chi connectivity index (χ2v) is 5.68. The molecule has 0 aliphatic heterocycles. The van der Waals surface area contributed by atoms with Gasteiger partial charge in [-0.3, -0.25) is 4.68 Å². The molecule has 0 amide bonds. The molecule has 2 rings (SSSR count). The lowest BCUT2D eigenvalue weighted by atomic mass is 10.2. The van der Waals surface area contributed by atoms with Crippen LogP contribution in [0.4, 0.5) is 0 Å².